The predicted molar refractivity (Wildman–Crippen MR) is 104 cm³/mol. The number of nitrogens with one attached hydrogen (secondary N) is 1. The van der Waals surface area contributed by atoms with Crippen molar-refractivity contribution in [3.8, 4) is 0 Å². The summed E-state index contributed by atoms with van der Waals surface area (Å²) in [5.41, 5.74) is 3.16. The largest absolute Gasteiger partial charge is 0.468 e. The van der Waals surface area contributed by atoms with Gasteiger partial charge in [0.2, 0.25) is 11.8 Å². The Balaban J connectivity index is 1.47. The van der Waals surface area contributed by atoms with E-state index in [-0.39, 0.29) is 24.2 Å². The van der Waals surface area contributed by atoms with E-state index in [0.29, 0.717) is 13.1 Å². The van der Waals surface area contributed by atoms with Crippen LogP contribution in [0.1, 0.15) is 23.3 Å². The highest BCUT2D eigenvalue weighted by atomic mass is 32.2. The Hall–Kier alpha value is -2.21. The third-order valence-corrected chi connectivity index (χ3v) is 5.71. The fourth-order valence-corrected chi connectivity index (χ4v) is 3.86. The highest BCUT2D eigenvalue weighted by Gasteiger charge is 2.35. The Morgan fingerprint density at radius 3 is 2.92 bits per heavy atom. The maximum Gasteiger partial charge on any atom is 0.227 e. The zero-order chi connectivity index (χ0) is 18.5. The lowest BCUT2D eigenvalue weighted by Crippen LogP contribution is -2.34. The third kappa shape index (κ3) is 4.30. The second-order valence-corrected chi connectivity index (χ2v) is 7.65. The van der Waals surface area contributed by atoms with Crippen LogP contribution in [-0.4, -0.2) is 30.7 Å². The molecule has 2 aromatic rings. The molecule has 2 heterocycles. The molecule has 1 aliphatic rings. The summed E-state index contributed by atoms with van der Waals surface area (Å²) >= 11 is 1.71. The van der Waals surface area contributed by atoms with Gasteiger partial charge in [-0.05, 0) is 43.2 Å². The van der Waals surface area contributed by atoms with Crippen LogP contribution in [-0.2, 0) is 15.3 Å². The topological polar surface area (TPSA) is 62.6 Å². The summed E-state index contributed by atoms with van der Waals surface area (Å²) in [6, 6.07) is 9.75. The van der Waals surface area contributed by atoms with Crippen LogP contribution >= 0.6 is 11.8 Å². The van der Waals surface area contributed by atoms with E-state index < -0.39 is 0 Å². The number of thioether (sulfide) groups is 1. The van der Waals surface area contributed by atoms with Crippen molar-refractivity contribution in [2.45, 2.75) is 26.0 Å². The van der Waals surface area contributed by atoms with Crippen LogP contribution in [0.25, 0.3) is 0 Å². The molecule has 6 heteroatoms. The van der Waals surface area contributed by atoms with Crippen LogP contribution < -0.4 is 10.2 Å². The normalized spacial score (nSPS) is 16.9. The maximum atomic E-state index is 12.4. The van der Waals surface area contributed by atoms with Crippen molar-refractivity contribution in [3.63, 3.8) is 0 Å². The molecule has 2 amide bonds. The molecule has 0 bridgehead atoms. The lowest BCUT2D eigenvalue weighted by atomic mass is 10.1. The van der Waals surface area contributed by atoms with E-state index >= 15 is 0 Å². The highest BCUT2D eigenvalue weighted by Crippen LogP contribution is 2.29. The van der Waals surface area contributed by atoms with Crippen LogP contribution in [0.3, 0.4) is 0 Å². The summed E-state index contributed by atoms with van der Waals surface area (Å²) in [5, 5.41) is 2.95. The van der Waals surface area contributed by atoms with Crippen molar-refractivity contribution in [1.82, 2.24) is 5.32 Å². The molecule has 5 nitrogen and oxygen atoms in total. The molecule has 1 fully saturated rings. The van der Waals surface area contributed by atoms with Gasteiger partial charge in [-0.1, -0.05) is 12.1 Å². The van der Waals surface area contributed by atoms with Gasteiger partial charge < -0.3 is 14.6 Å². The van der Waals surface area contributed by atoms with Crippen molar-refractivity contribution < 1.29 is 14.0 Å². The van der Waals surface area contributed by atoms with Crippen molar-refractivity contribution in [1.29, 1.82) is 0 Å². The van der Waals surface area contributed by atoms with E-state index in [9.17, 15) is 9.59 Å². The first-order valence-electron chi connectivity index (χ1n) is 8.80. The van der Waals surface area contributed by atoms with Gasteiger partial charge in [-0.15, -0.1) is 0 Å². The Bertz CT molecular complexity index is 773. The van der Waals surface area contributed by atoms with Gasteiger partial charge in [-0.25, -0.2) is 0 Å². The van der Waals surface area contributed by atoms with E-state index in [1.54, 1.807) is 22.9 Å². The number of furan rings is 1. The second-order valence-electron chi connectivity index (χ2n) is 6.55. The number of carbonyl (C=O) groups excluding carboxylic acids is 2. The van der Waals surface area contributed by atoms with Gasteiger partial charge in [0.15, 0.2) is 0 Å². The van der Waals surface area contributed by atoms with Crippen LogP contribution in [0.15, 0.2) is 41.0 Å². The molecule has 0 radical (unpaired) electrons. The van der Waals surface area contributed by atoms with Gasteiger partial charge in [0, 0.05) is 31.0 Å². The summed E-state index contributed by atoms with van der Waals surface area (Å²) < 4.78 is 5.27. The van der Waals surface area contributed by atoms with E-state index in [1.165, 1.54) is 0 Å². The first-order chi connectivity index (χ1) is 12.6. The summed E-state index contributed by atoms with van der Waals surface area (Å²) in [7, 11) is 0. The number of anilines is 1. The van der Waals surface area contributed by atoms with Crippen LogP contribution in [0.4, 0.5) is 5.69 Å². The zero-order valence-electron chi connectivity index (χ0n) is 15.2. The Morgan fingerprint density at radius 2 is 2.15 bits per heavy atom. The molecule has 0 saturated carbocycles. The molecule has 3 rings (SSSR count). The Morgan fingerprint density at radius 1 is 1.31 bits per heavy atom. The average molecular weight is 372 g/mol. The van der Waals surface area contributed by atoms with E-state index in [0.717, 1.165) is 34.1 Å². The first-order valence-corrected chi connectivity index (χ1v) is 9.96. The number of aryl methyl sites for hydroxylation is 1. The molecule has 1 N–H and O–H groups in total. The van der Waals surface area contributed by atoms with Gasteiger partial charge in [0.1, 0.15) is 5.76 Å². The number of amides is 2. The van der Waals surface area contributed by atoms with Crippen LogP contribution in [0, 0.1) is 19.8 Å². The lowest BCUT2D eigenvalue weighted by Gasteiger charge is -2.20. The SMILES string of the molecule is Cc1cccc(N2CC(C(=O)NCCSCc3ccco3)CC2=O)c1C. The number of hydrogen-bond acceptors (Lipinski definition) is 4. The van der Waals surface area contributed by atoms with Gasteiger partial charge >= 0.3 is 0 Å². The van der Waals surface area contributed by atoms with Gasteiger partial charge in [0.25, 0.3) is 0 Å². The van der Waals surface area contributed by atoms with E-state index in [1.807, 2.05) is 44.2 Å². The summed E-state index contributed by atoms with van der Waals surface area (Å²) in [6.45, 7) is 5.10. The van der Waals surface area contributed by atoms with Crippen molar-refractivity contribution in [2.24, 2.45) is 5.92 Å². The average Bonchev–Trinajstić information content (AvgIpc) is 3.27. The van der Waals surface area contributed by atoms with Gasteiger partial charge in [-0.3, -0.25) is 9.59 Å². The Labute approximate surface area is 158 Å². The molecule has 26 heavy (non-hydrogen) atoms. The molecule has 1 aromatic carbocycles. The fourth-order valence-electron chi connectivity index (χ4n) is 3.10. The van der Waals surface area contributed by atoms with Gasteiger partial charge in [-0.2, -0.15) is 11.8 Å². The highest BCUT2D eigenvalue weighted by molar-refractivity contribution is 7.98. The van der Waals surface area contributed by atoms with Crippen molar-refractivity contribution in [3.05, 3.63) is 53.5 Å². The van der Waals surface area contributed by atoms with Crippen LogP contribution in [0.2, 0.25) is 0 Å². The molecular weight excluding hydrogens is 348 g/mol. The van der Waals surface area contributed by atoms with E-state index in [4.69, 9.17) is 4.42 Å². The van der Waals surface area contributed by atoms with Crippen molar-refractivity contribution in [2.75, 3.05) is 23.7 Å². The first kappa shape index (κ1) is 18.6. The molecule has 1 atom stereocenters. The number of carbonyl (C=O) groups is 2. The maximum absolute atomic E-state index is 12.4. The van der Waals surface area contributed by atoms with Gasteiger partial charge in [0.05, 0.1) is 17.9 Å². The monoisotopic (exact) mass is 372 g/mol. The second kappa shape index (κ2) is 8.45. The minimum atomic E-state index is -0.280. The summed E-state index contributed by atoms with van der Waals surface area (Å²) in [4.78, 5) is 26.5. The van der Waals surface area contributed by atoms with Crippen LogP contribution in [0.5, 0.6) is 0 Å². The summed E-state index contributed by atoms with van der Waals surface area (Å²) in [6.07, 6.45) is 1.94. The molecule has 1 saturated heterocycles. The minimum Gasteiger partial charge on any atom is -0.468 e. The number of rotatable bonds is 7. The molecule has 1 aromatic heterocycles. The molecule has 1 unspecified atom stereocenters. The predicted octanol–water partition coefficient (Wildman–Crippen LogP) is 3.30. The molecule has 0 aliphatic carbocycles. The summed E-state index contributed by atoms with van der Waals surface area (Å²) in [5.74, 6) is 2.25. The molecule has 0 spiro atoms. The lowest BCUT2D eigenvalue weighted by molar-refractivity contribution is -0.126. The molecular formula is C20H24N2O3S. The standard InChI is InChI=1S/C20H24N2O3S/c1-14-5-3-7-18(15(14)2)22-12-16(11-19(22)23)20(24)21-8-10-26-13-17-6-4-9-25-17/h3-7,9,16H,8,10-13H2,1-2H3,(H,21,24). The van der Waals surface area contributed by atoms with Crippen molar-refractivity contribution >= 4 is 29.3 Å². The fraction of sp³-hybridized carbons (Fsp3) is 0.400. The Kier molecular flexibility index (Phi) is 6.04. The quantitative estimate of drug-likeness (QED) is 0.758. The molecule has 1 aliphatic heterocycles. The third-order valence-electron chi connectivity index (χ3n) is 4.73. The number of nitrogens with zero attached hydrogens (tertiary/aromatic N) is 1. The van der Waals surface area contributed by atoms with E-state index in [2.05, 4.69) is 5.32 Å². The number of benzene rings is 1. The minimum absolute atomic E-state index is 0.0195. The molecule has 138 valence electrons. The number of hydrogen-bond donors (Lipinski definition) is 1. The zero-order valence-corrected chi connectivity index (χ0v) is 16.0. The smallest absolute Gasteiger partial charge is 0.227 e.